The van der Waals surface area contributed by atoms with Gasteiger partial charge in [0.15, 0.2) is 5.82 Å². The second-order valence-corrected chi connectivity index (χ2v) is 4.81. The average Bonchev–Trinajstić information content (AvgIpc) is 3.08. The molecule has 2 rings (SSSR count). The maximum absolute atomic E-state index is 12.3. The zero-order valence-electron chi connectivity index (χ0n) is 11.8. The first-order valence-electron chi connectivity index (χ1n) is 6.30. The van der Waals surface area contributed by atoms with E-state index in [-0.39, 0.29) is 17.4 Å². The van der Waals surface area contributed by atoms with E-state index in [9.17, 15) is 14.9 Å². The Labute approximate surface area is 119 Å². The molecule has 112 valence electrons. The molecular formula is C11H15N7O3. The van der Waals surface area contributed by atoms with Gasteiger partial charge in [-0.1, -0.05) is 5.21 Å². The zero-order chi connectivity index (χ0) is 15.6. The van der Waals surface area contributed by atoms with Crippen molar-refractivity contribution >= 4 is 11.6 Å². The second kappa shape index (κ2) is 5.69. The molecule has 1 amide bonds. The molecule has 21 heavy (non-hydrogen) atoms. The van der Waals surface area contributed by atoms with Crippen LogP contribution in [0.5, 0.6) is 0 Å². The van der Waals surface area contributed by atoms with Crippen LogP contribution in [0.25, 0.3) is 0 Å². The van der Waals surface area contributed by atoms with E-state index in [0.29, 0.717) is 5.82 Å². The number of tetrazole rings is 1. The number of carbonyl (C=O) groups excluding carboxylic acids is 1. The van der Waals surface area contributed by atoms with Crippen LogP contribution < -0.4 is 5.32 Å². The Bertz CT molecular complexity index is 647. The van der Waals surface area contributed by atoms with Gasteiger partial charge in [-0.25, -0.2) is 0 Å². The summed E-state index contributed by atoms with van der Waals surface area (Å²) in [7, 11) is 0. The smallest absolute Gasteiger partial charge is 0.287 e. The van der Waals surface area contributed by atoms with Crippen LogP contribution in [0, 0.1) is 10.1 Å². The summed E-state index contributed by atoms with van der Waals surface area (Å²) in [5.74, 6) is -0.102. The van der Waals surface area contributed by atoms with Crippen molar-refractivity contribution in [2.24, 2.45) is 0 Å². The molecule has 1 unspecified atom stereocenters. The lowest BCUT2D eigenvalue weighted by Gasteiger charge is -2.14. The molecule has 0 fully saturated rings. The first kappa shape index (κ1) is 14.6. The number of nitrogens with zero attached hydrogens (tertiary/aromatic N) is 5. The van der Waals surface area contributed by atoms with Gasteiger partial charge in [0.2, 0.25) is 0 Å². The van der Waals surface area contributed by atoms with Crippen molar-refractivity contribution in [1.29, 1.82) is 0 Å². The van der Waals surface area contributed by atoms with Crippen LogP contribution in [0.4, 0.5) is 5.69 Å². The van der Waals surface area contributed by atoms with Crippen LogP contribution >= 0.6 is 0 Å². The third-order valence-corrected chi connectivity index (χ3v) is 2.93. The number of amides is 1. The van der Waals surface area contributed by atoms with Gasteiger partial charge < -0.3 is 9.88 Å². The van der Waals surface area contributed by atoms with Crippen LogP contribution in [0.3, 0.4) is 0 Å². The molecule has 2 N–H and O–H groups in total. The lowest BCUT2D eigenvalue weighted by molar-refractivity contribution is -0.384. The van der Waals surface area contributed by atoms with Crippen molar-refractivity contribution in [2.45, 2.75) is 32.9 Å². The fourth-order valence-corrected chi connectivity index (χ4v) is 1.86. The van der Waals surface area contributed by atoms with Crippen LogP contribution in [0.2, 0.25) is 0 Å². The number of aromatic amines is 1. The highest BCUT2D eigenvalue weighted by molar-refractivity contribution is 5.93. The number of H-pyrrole nitrogens is 1. The van der Waals surface area contributed by atoms with Crippen LogP contribution in [-0.2, 0) is 0 Å². The van der Waals surface area contributed by atoms with Crippen molar-refractivity contribution in [3.63, 3.8) is 0 Å². The lowest BCUT2D eigenvalue weighted by atomic mass is 10.3. The van der Waals surface area contributed by atoms with Gasteiger partial charge in [0, 0.05) is 12.1 Å². The van der Waals surface area contributed by atoms with Gasteiger partial charge in [0.1, 0.15) is 5.69 Å². The summed E-state index contributed by atoms with van der Waals surface area (Å²) in [6.45, 7) is 5.37. The van der Waals surface area contributed by atoms with E-state index in [0.717, 1.165) is 0 Å². The molecule has 0 aliphatic carbocycles. The van der Waals surface area contributed by atoms with Crippen LogP contribution in [-0.4, -0.2) is 36.0 Å². The third kappa shape index (κ3) is 3.04. The molecule has 0 saturated carbocycles. The van der Waals surface area contributed by atoms with Crippen molar-refractivity contribution in [2.75, 3.05) is 0 Å². The monoisotopic (exact) mass is 293 g/mol. The number of nitrogens with one attached hydrogen (secondary N) is 2. The Balaban J connectivity index is 2.24. The summed E-state index contributed by atoms with van der Waals surface area (Å²) in [6, 6.07) is 0.698. The highest BCUT2D eigenvalue weighted by atomic mass is 16.6. The summed E-state index contributed by atoms with van der Waals surface area (Å²) in [4.78, 5) is 22.6. The number of aromatic nitrogens is 5. The first-order chi connectivity index (χ1) is 9.90. The van der Waals surface area contributed by atoms with Gasteiger partial charge in [0.25, 0.3) is 11.6 Å². The van der Waals surface area contributed by atoms with Gasteiger partial charge >= 0.3 is 0 Å². The van der Waals surface area contributed by atoms with E-state index >= 15 is 0 Å². The first-order valence-corrected chi connectivity index (χ1v) is 6.30. The van der Waals surface area contributed by atoms with Crippen LogP contribution in [0.1, 0.15) is 49.2 Å². The Kier molecular flexibility index (Phi) is 3.96. The van der Waals surface area contributed by atoms with Crippen molar-refractivity contribution in [1.82, 2.24) is 30.5 Å². The molecule has 0 saturated heterocycles. The number of hydrogen-bond acceptors (Lipinski definition) is 6. The maximum Gasteiger partial charge on any atom is 0.287 e. The molecule has 0 bridgehead atoms. The highest BCUT2D eigenvalue weighted by Gasteiger charge is 2.23. The van der Waals surface area contributed by atoms with Gasteiger partial charge in [-0.3, -0.25) is 14.9 Å². The van der Waals surface area contributed by atoms with Gasteiger partial charge in [-0.2, -0.15) is 5.21 Å². The molecule has 0 aromatic carbocycles. The van der Waals surface area contributed by atoms with E-state index in [2.05, 4.69) is 25.9 Å². The highest BCUT2D eigenvalue weighted by Crippen LogP contribution is 2.21. The van der Waals surface area contributed by atoms with Gasteiger partial charge in [0.05, 0.1) is 17.2 Å². The van der Waals surface area contributed by atoms with Crippen LogP contribution in [0.15, 0.2) is 12.3 Å². The average molecular weight is 293 g/mol. The van der Waals surface area contributed by atoms with Crippen molar-refractivity contribution in [3.05, 3.63) is 33.9 Å². The predicted molar refractivity (Wildman–Crippen MR) is 71.5 cm³/mol. The fraction of sp³-hybridized carbons (Fsp3) is 0.455. The number of rotatable bonds is 5. The molecule has 0 aliphatic heterocycles. The largest absolute Gasteiger partial charge is 0.341 e. The summed E-state index contributed by atoms with van der Waals surface area (Å²) in [6.07, 6.45) is 1.35. The molecule has 2 aromatic rings. The molecule has 0 radical (unpaired) electrons. The molecule has 1 atom stereocenters. The Morgan fingerprint density at radius 2 is 2.19 bits per heavy atom. The maximum atomic E-state index is 12.3. The molecule has 10 nitrogen and oxygen atoms in total. The Hall–Kier alpha value is -2.78. The third-order valence-electron chi connectivity index (χ3n) is 2.93. The SMILES string of the molecule is CC(NC(=O)c1cc([N+](=O)[O-])cn1C(C)C)c1nn[nH]n1. The molecular weight excluding hydrogens is 278 g/mol. The van der Waals surface area contributed by atoms with Gasteiger partial charge in [-0.15, -0.1) is 10.2 Å². The summed E-state index contributed by atoms with van der Waals surface area (Å²) < 4.78 is 1.55. The van der Waals surface area contributed by atoms with Crippen molar-refractivity contribution < 1.29 is 9.72 Å². The van der Waals surface area contributed by atoms with Gasteiger partial charge in [-0.05, 0) is 20.8 Å². The summed E-state index contributed by atoms with van der Waals surface area (Å²) in [5, 5.41) is 26.8. The van der Waals surface area contributed by atoms with E-state index in [1.54, 1.807) is 11.5 Å². The van der Waals surface area contributed by atoms with E-state index in [1.807, 2.05) is 13.8 Å². The van der Waals surface area contributed by atoms with E-state index in [1.165, 1.54) is 12.3 Å². The zero-order valence-corrected chi connectivity index (χ0v) is 11.8. The van der Waals surface area contributed by atoms with E-state index in [4.69, 9.17) is 0 Å². The standard InChI is InChI=1S/C11H15N7O3/c1-6(2)17-5-8(18(20)21)4-9(17)11(19)12-7(3)10-13-15-16-14-10/h4-7H,1-3H3,(H,12,19)(H,13,14,15,16). The topological polar surface area (TPSA) is 132 Å². The molecule has 2 aromatic heterocycles. The number of carbonyl (C=O) groups is 1. The normalized spacial score (nSPS) is 12.4. The minimum absolute atomic E-state index is 0.0834. The number of nitro groups is 1. The summed E-state index contributed by atoms with van der Waals surface area (Å²) >= 11 is 0. The molecule has 2 heterocycles. The molecule has 10 heteroatoms. The Morgan fingerprint density at radius 1 is 1.48 bits per heavy atom. The van der Waals surface area contributed by atoms with Crippen molar-refractivity contribution in [3.8, 4) is 0 Å². The quantitative estimate of drug-likeness (QED) is 0.624. The Morgan fingerprint density at radius 3 is 2.71 bits per heavy atom. The number of hydrogen-bond donors (Lipinski definition) is 2. The lowest BCUT2D eigenvalue weighted by Crippen LogP contribution is -2.29. The fourth-order valence-electron chi connectivity index (χ4n) is 1.86. The minimum Gasteiger partial charge on any atom is -0.341 e. The molecule has 0 aliphatic rings. The summed E-state index contributed by atoms with van der Waals surface area (Å²) in [5.41, 5.74) is 0.0908. The van der Waals surface area contributed by atoms with E-state index < -0.39 is 16.9 Å². The molecule has 0 spiro atoms. The second-order valence-electron chi connectivity index (χ2n) is 4.81. The predicted octanol–water partition coefficient (Wildman–Crippen LogP) is 0.981. The minimum atomic E-state index is -0.529.